The minimum Gasteiger partial charge on any atom is -0.309 e. The van der Waals surface area contributed by atoms with Crippen molar-refractivity contribution in [3.05, 3.63) is 216 Å². The zero-order valence-electron chi connectivity index (χ0n) is 41.1. The maximum Gasteiger partial charge on any atom is 0.0945 e. The molecule has 0 spiro atoms. The van der Waals surface area contributed by atoms with Gasteiger partial charge in [0.25, 0.3) is 0 Å². The van der Waals surface area contributed by atoms with E-state index in [-0.39, 0.29) is 21.5 Å². The summed E-state index contributed by atoms with van der Waals surface area (Å²) in [5, 5.41) is 20.0. The second-order valence-electron chi connectivity index (χ2n) is 19.7. The molecule has 9 aromatic carbocycles. The number of fused-ring (bicyclic) bond motifs is 7. The van der Waals surface area contributed by atoms with Gasteiger partial charge >= 0.3 is 0 Å². The standard InChI is InChI=1S/C62H52N10S4/c1-3-7-54-51(5-1)52-25-26-56-57(58(52)72(54)50-31-47(39-13-21-43(22-14-39)61-65-35-69-75-61)28-48(32-50)40-15-23-44(24-16-40)62-66-36-70-76-62)53-6-2-4-8-55(53)71(56)49-29-45(37-9-17-41(18-10-37)59-63-33-67-73-59)27-46(30-49)38-11-19-42(20-12-38)60-64-34-68-74-60/h1-32,59-70H,33-36H2. The van der Waals surface area contributed by atoms with E-state index in [9.17, 15) is 0 Å². The van der Waals surface area contributed by atoms with E-state index in [2.05, 4.69) is 243 Å². The quantitative estimate of drug-likeness (QED) is 0.0626. The highest BCUT2D eigenvalue weighted by atomic mass is 32.2. The van der Waals surface area contributed by atoms with Gasteiger partial charge in [0.1, 0.15) is 0 Å². The van der Waals surface area contributed by atoms with Crippen molar-refractivity contribution in [2.45, 2.75) is 21.5 Å². The lowest BCUT2D eigenvalue weighted by Crippen LogP contribution is -2.14. The molecule has 2 aromatic heterocycles. The van der Waals surface area contributed by atoms with E-state index in [0.29, 0.717) is 0 Å². The number of para-hydroxylation sites is 2. The zero-order valence-corrected chi connectivity index (χ0v) is 44.4. The summed E-state index contributed by atoms with van der Waals surface area (Å²) in [5.74, 6) is 0. The fourth-order valence-electron chi connectivity index (χ4n) is 11.6. The second-order valence-corrected chi connectivity index (χ2v) is 23.7. The molecule has 0 saturated carbocycles. The smallest absolute Gasteiger partial charge is 0.0945 e. The Morgan fingerprint density at radius 1 is 0.303 bits per heavy atom. The molecule has 0 radical (unpaired) electrons. The zero-order chi connectivity index (χ0) is 50.1. The molecule has 4 aliphatic rings. The molecule has 4 atom stereocenters. The van der Waals surface area contributed by atoms with Crippen LogP contribution >= 0.6 is 47.8 Å². The molecule has 374 valence electrons. The fourth-order valence-corrected chi connectivity index (χ4v) is 14.7. The number of rotatable bonds is 10. The third-order valence-corrected chi connectivity index (χ3v) is 19.2. The Morgan fingerprint density at radius 2 is 0.658 bits per heavy atom. The number of nitrogens with zero attached hydrogens (tertiary/aromatic N) is 2. The minimum absolute atomic E-state index is 0.221. The van der Waals surface area contributed by atoms with Crippen molar-refractivity contribution < 1.29 is 0 Å². The summed E-state index contributed by atoms with van der Waals surface area (Å²) < 4.78 is 18.5. The van der Waals surface area contributed by atoms with Gasteiger partial charge in [0.15, 0.2) is 0 Å². The Morgan fingerprint density at radius 3 is 1.04 bits per heavy atom. The maximum absolute atomic E-state index is 3.56. The van der Waals surface area contributed by atoms with Gasteiger partial charge in [0, 0.05) is 32.9 Å². The Balaban J connectivity index is 0.939. The van der Waals surface area contributed by atoms with Gasteiger partial charge in [-0.05, 0) is 121 Å². The topological polar surface area (TPSA) is 106 Å². The van der Waals surface area contributed by atoms with Crippen molar-refractivity contribution in [3.8, 4) is 55.9 Å². The molecule has 10 nitrogen and oxygen atoms in total. The van der Waals surface area contributed by atoms with Gasteiger partial charge in [0.2, 0.25) is 0 Å². The van der Waals surface area contributed by atoms with Crippen LogP contribution in [0.2, 0.25) is 0 Å². The summed E-state index contributed by atoms with van der Waals surface area (Å²) in [6.45, 7) is 3.17. The molecule has 15 rings (SSSR count). The van der Waals surface area contributed by atoms with Crippen molar-refractivity contribution in [2.24, 2.45) is 0 Å². The molecule has 6 heterocycles. The van der Waals surface area contributed by atoms with Crippen LogP contribution in [0.15, 0.2) is 194 Å². The molecule has 0 aliphatic carbocycles. The normalized spacial score (nSPS) is 19.8. The minimum atomic E-state index is 0.221. The van der Waals surface area contributed by atoms with Gasteiger partial charge in [0.05, 0.1) is 70.2 Å². The van der Waals surface area contributed by atoms with Crippen molar-refractivity contribution in [2.75, 3.05) is 26.7 Å². The summed E-state index contributed by atoms with van der Waals surface area (Å²) in [4.78, 5) is 0. The Kier molecular flexibility index (Phi) is 12.3. The van der Waals surface area contributed by atoms with Crippen LogP contribution in [0.1, 0.15) is 43.7 Å². The van der Waals surface area contributed by atoms with E-state index in [1.54, 1.807) is 47.8 Å². The van der Waals surface area contributed by atoms with E-state index in [1.165, 1.54) is 99.3 Å². The van der Waals surface area contributed by atoms with Crippen molar-refractivity contribution in [3.63, 3.8) is 0 Å². The molecule has 4 saturated heterocycles. The average molecular weight is 1070 g/mol. The van der Waals surface area contributed by atoms with Gasteiger partial charge in [-0.1, -0.05) is 187 Å². The summed E-state index contributed by atoms with van der Waals surface area (Å²) in [7, 11) is 0. The Hall–Kier alpha value is -6.34. The van der Waals surface area contributed by atoms with Gasteiger partial charge in [-0.25, -0.2) is 18.9 Å². The molecule has 0 bridgehead atoms. The molecule has 4 fully saturated rings. The van der Waals surface area contributed by atoms with Crippen LogP contribution in [-0.4, -0.2) is 35.8 Å². The Labute approximate surface area is 458 Å². The highest BCUT2D eigenvalue weighted by Crippen LogP contribution is 2.45. The van der Waals surface area contributed by atoms with E-state index in [4.69, 9.17) is 0 Å². The lowest BCUT2D eigenvalue weighted by Gasteiger charge is -2.16. The number of hydrogen-bond acceptors (Lipinski definition) is 12. The molecule has 14 heteroatoms. The van der Waals surface area contributed by atoms with Crippen LogP contribution in [-0.2, 0) is 0 Å². The van der Waals surface area contributed by atoms with Gasteiger partial charge in [-0.2, -0.15) is 0 Å². The van der Waals surface area contributed by atoms with Crippen LogP contribution in [0.4, 0.5) is 0 Å². The summed E-state index contributed by atoms with van der Waals surface area (Å²) in [6.07, 6.45) is 0. The molecule has 8 N–H and O–H groups in total. The van der Waals surface area contributed by atoms with E-state index >= 15 is 0 Å². The van der Waals surface area contributed by atoms with Gasteiger partial charge in [-0.15, -0.1) is 0 Å². The average Bonchev–Trinajstić information content (AvgIpc) is 4.36. The van der Waals surface area contributed by atoms with Crippen molar-refractivity contribution in [1.29, 1.82) is 0 Å². The molecular weight excluding hydrogens is 1010 g/mol. The van der Waals surface area contributed by atoms with Crippen LogP contribution < -0.4 is 40.2 Å². The van der Waals surface area contributed by atoms with Crippen molar-refractivity contribution in [1.82, 2.24) is 49.3 Å². The number of aromatic nitrogens is 2. The molecule has 76 heavy (non-hydrogen) atoms. The van der Waals surface area contributed by atoms with E-state index < -0.39 is 0 Å². The summed E-state index contributed by atoms with van der Waals surface area (Å²) in [5.41, 5.74) is 21.3. The van der Waals surface area contributed by atoms with Crippen LogP contribution in [0.3, 0.4) is 0 Å². The number of benzene rings is 9. The third-order valence-electron chi connectivity index (χ3n) is 15.3. The highest BCUT2D eigenvalue weighted by molar-refractivity contribution is 7.98. The molecule has 11 aromatic rings. The first-order valence-corrected chi connectivity index (χ1v) is 29.3. The summed E-state index contributed by atoms with van der Waals surface area (Å²) in [6, 6.07) is 73.4. The number of hydrogen-bond donors (Lipinski definition) is 8. The van der Waals surface area contributed by atoms with Crippen LogP contribution in [0.5, 0.6) is 0 Å². The van der Waals surface area contributed by atoms with Gasteiger partial charge in [-0.3, -0.25) is 21.3 Å². The summed E-state index contributed by atoms with van der Waals surface area (Å²) >= 11 is 6.94. The van der Waals surface area contributed by atoms with Gasteiger partial charge < -0.3 is 9.13 Å². The van der Waals surface area contributed by atoms with Crippen LogP contribution in [0, 0.1) is 0 Å². The Bertz CT molecular complexity index is 3810. The second kappa shape index (κ2) is 19.9. The molecule has 4 unspecified atom stereocenters. The predicted octanol–water partition coefficient (Wildman–Crippen LogP) is 13.7. The maximum atomic E-state index is 3.56. The third kappa shape index (κ3) is 8.45. The first kappa shape index (κ1) is 46.9. The molecule has 0 amide bonds. The first-order chi connectivity index (χ1) is 37.6. The lowest BCUT2D eigenvalue weighted by atomic mass is 9.96. The number of nitrogens with one attached hydrogen (secondary N) is 8. The predicted molar refractivity (Wildman–Crippen MR) is 323 cm³/mol. The lowest BCUT2D eigenvalue weighted by molar-refractivity contribution is 0.718. The van der Waals surface area contributed by atoms with Crippen LogP contribution in [0.25, 0.3) is 99.5 Å². The monoisotopic (exact) mass is 1060 g/mol. The van der Waals surface area contributed by atoms with Crippen molar-refractivity contribution >= 4 is 91.4 Å². The van der Waals surface area contributed by atoms with E-state index in [0.717, 1.165) is 49.1 Å². The first-order valence-electron chi connectivity index (χ1n) is 25.8. The highest BCUT2D eigenvalue weighted by Gasteiger charge is 2.25. The SMILES string of the molecule is c1ccc2c(c1)c1c(ccc3c4ccccc4n(-c4cc(-c5ccc(C6NCNS6)cc5)cc(-c5ccc(C6NCNS6)cc5)c4)c31)n2-c1cc(-c2ccc(C3NCNS3)cc2)cc(-c2ccc(C3NCNS3)cc2)c1. The molecule has 4 aliphatic heterocycles. The largest absolute Gasteiger partial charge is 0.309 e. The fraction of sp³-hybridized carbons (Fsp3) is 0.129. The molecular formula is C62H52N10S4. The van der Waals surface area contributed by atoms with E-state index in [1.807, 2.05) is 0 Å².